The highest BCUT2D eigenvalue weighted by molar-refractivity contribution is 6.01. The molecule has 0 saturated heterocycles. The predicted molar refractivity (Wildman–Crippen MR) is 113 cm³/mol. The second kappa shape index (κ2) is 6.88. The summed E-state index contributed by atoms with van der Waals surface area (Å²) in [6, 6.07) is 19.6. The first-order valence-electron chi connectivity index (χ1n) is 9.67. The van der Waals surface area contributed by atoms with Crippen molar-refractivity contribution in [1.82, 2.24) is 0 Å². The van der Waals surface area contributed by atoms with E-state index in [0.717, 1.165) is 22.3 Å². The molecular formula is C25H18O5. The lowest BCUT2D eigenvalue weighted by molar-refractivity contribution is -0.135. The zero-order chi connectivity index (χ0) is 20.8. The molecule has 1 unspecified atom stereocenters. The number of esters is 1. The lowest BCUT2D eigenvalue weighted by Gasteiger charge is -2.28. The van der Waals surface area contributed by atoms with Gasteiger partial charge in [-0.3, -0.25) is 4.79 Å². The maximum Gasteiger partial charge on any atom is 0.336 e. The molecule has 1 aromatic heterocycles. The smallest absolute Gasteiger partial charge is 0.336 e. The van der Waals surface area contributed by atoms with Gasteiger partial charge in [-0.2, -0.15) is 0 Å². The van der Waals surface area contributed by atoms with Crippen LogP contribution < -0.4 is 10.4 Å². The maximum absolute atomic E-state index is 12.6. The zero-order valence-corrected chi connectivity index (χ0v) is 16.2. The van der Waals surface area contributed by atoms with E-state index in [2.05, 4.69) is 0 Å². The first-order valence-corrected chi connectivity index (χ1v) is 9.67. The van der Waals surface area contributed by atoms with Crippen molar-refractivity contribution in [3.63, 3.8) is 0 Å². The van der Waals surface area contributed by atoms with Crippen LogP contribution in [0.1, 0.15) is 29.0 Å². The Morgan fingerprint density at radius 2 is 1.77 bits per heavy atom. The number of hydrogen-bond donors (Lipinski definition) is 1. The highest BCUT2D eigenvalue weighted by atomic mass is 16.5. The summed E-state index contributed by atoms with van der Waals surface area (Å²) < 4.78 is 11.2. The van der Waals surface area contributed by atoms with Crippen molar-refractivity contribution in [2.75, 3.05) is 0 Å². The predicted octanol–water partition coefficient (Wildman–Crippen LogP) is 4.92. The van der Waals surface area contributed by atoms with Crippen molar-refractivity contribution >= 4 is 16.9 Å². The molecule has 0 spiro atoms. The molecule has 1 N–H and O–H groups in total. The molecule has 0 amide bonds. The highest BCUT2D eigenvalue weighted by Crippen LogP contribution is 2.47. The molecule has 0 saturated carbocycles. The number of aryl methyl sites for hydroxylation is 1. The number of fused-ring (bicyclic) bond motifs is 3. The molecule has 5 rings (SSSR count). The molecule has 2 heterocycles. The van der Waals surface area contributed by atoms with Gasteiger partial charge < -0.3 is 14.3 Å². The lowest BCUT2D eigenvalue weighted by atomic mass is 9.82. The van der Waals surface area contributed by atoms with Crippen molar-refractivity contribution in [3.8, 4) is 22.6 Å². The fourth-order valence-corrected chi connectivity index (χ4v) is 4.27. The quantitative estimate of drug-likeness (QED) is 0.295. The number of rotatable bonds is 2. The first kappa shape index (κ1) is 18.2. The fraction of sp³-hybridized carbons (Fsp3) is 0.120. The average Bonchev–Trinajstić information content (AvgIpc) is 2.73. The first-order chi connectivity index (χ1) is 14.5. The van der Waals surface area contributed by atoms with Crippen LogP contribution in [0.25, 0.3) is 22.1 Å². The van der Waals surface area contributed by atoms with Crippen molar-refractivity contribution < 1.29 is 19.1 Å². The number of hydrogen-bond acceptors (Lipinski definition) is 5. The van der Waals surface area contributed by atoms with Gasteiger partial charge in [0.2, 0.25) is 0 Å². The van der Waals surface area contributed by atoms with Gasteiger partial charge in [-0.1, -0.05) is 42.5 Å². The van der Waals surface area contributed by atoms with Crippen LogP contribution in [0, 0.1) is 6.92 Å². The van der Waals surface area contributed by atoms with Gasteiger partial charge in [0.05, 0.1) is 11.8 Å². The standard InChI is InChI=1S/C25H18O5/c1-14-10-20-24(18(12-21(27)29-20)15-6-3-2-4-7-15)25-23(14)19(13-22(28)30-25)16-8-5-9-17(26)11-16/h2-12,19,26H,13H2,1H3. The number of carbonyl (C=O) groups is 1. The Morgan fingerprint density at radius 3 is 2.53 bits per heavy atom. The largest absolute Gasteiger partial charge is 0.508 e. The summed E-state index contributed by atoms with van der Waals surface area (Å²) in [4.78, 5) is 24.8. The second-order valence-electron chi connectivity index (χ2n) is 7.48. The van der Waals surface area contributed by atoms with Crippen LogP contribution in [-0.4, -0.2) is 11.1 Å². The van der Waals surface area contributed by atoms with Gasteiger partial charge in [-0.25, -0.2) is 4.79 Å². The van der Waals surface area contributed by atoms with Gasteiger partial charge >= 0.3 is 11.6 Å². The summed E-state index contributed by atoms with van der Waals surface area (Å²) in [5.41, 5.74) is 3.94. The Kier molecular flexibility index (Phi) is 4.17. The Balaban J connectivity index is 1.86. The molecule has 5 nitrogen and oxygen atoms in total. The van der Waals surface area contributed by atoms with E-state index in [4.69, 9.17) is 9.15 Å². The summed E-state index contributed by atoms with van der Waals surface area (Å²) in [5, 5.41) is 10.6. The topological polar surface area (TPSA) is 76.7 Å². The van der Waals surface area contributed by atoms with Gasteiger partial charge in [-0.05, 0) is 41.8 Å². The van der Waals surface area contributed by atoms with Crippen molar-refractivity contribution in [2.24, 2.45) is 0 Å². The number of phenols is 1. The molecule has 1 aliphatic rings. The second-order valence-corrected chi connectivity index (χ2v) is 7.48. The van der Waals surface area contributed by atoms with Crippen molar-refractivity contribution in [1.29, 1.82) is 0 Å². The van der Waals surface area contributed by atoms with Crippen LogP contribution in [-0.2, 0) is 4.79 Å². The molecule has 5 heteroatoms. The summed E-state index contributed by atoms with van der Waals surface area (Å²) in [6.07, 6.45) is 0.167. The van der Waals surface area contributed by atoms with Gasteiger partial charge in [0.1, 0.15) is 17.1 Å². The Hall–Kier alpha value is -3.86. The molecule has 148 valence electrons. The van der Waals surface area contributed by atoms with E-state index >= 15 is 0 Å². The van der Waals surface area contributed by atoms with Crippen LogP contribution in [0.15, 0.2) is 75.9 Å². The monoisotopic (exact) mass is 398 g/mol. The van der Waals surface area contributed by atoms with Gasteiger partial charge in [0, 0.05) is 23.1 Å². The van der Waals surface area contributed by atoms with E-state index in [0.29, 0.717) is 22.3 Å². The fourth-order valence-electron chi connectivity index (χ4n) is 4.27. The highest BCUT2D eigenvalue weighted by Gasteiger charge is 2.33. The normalized spacial score (nSPS) is 15.6. The molecule has 0 aliphatic carbocycles. The van der Waals surface area contributed by atoms with E-state index < -0.39 is 5.63 Å². The lowest BCUT2D eigenvalue weighted by Crippen LogP contribution is -2.22. The zero-order valence-electron chi connectivity index (χ0n) is 16.2. The van der Waals surface area contributed by atoms with E-state index in [9.17, 15) is 14.7 Å². The van der Waals surface area contributed by atoms with E-state index in [-0.39, 0.29) is 24.1 Å². The molecule has 30 heavy (non-hydrogen) atoms. The minimum Gasteiger partial charge on any atom is -0.508 e. The molecule has 1 atom stereocenters. The summed E-state index contributed by atoms with van der Waals surface area (Å²) >= 11 is 0. The molecule has 0 radical (unpaired) electrons. The van der Waals surface area contributed by atoms with Gasteiger partial charge in [0.25, 0.3) is 0 Å². The molecule has 1 aliphatic heterocycles. The number of carbonyl (C=O) groups excluding carboxylic acids is 1. The third-order valence-electron chi connectivity index (χ3n) is 5.53. The SMILES string of the molecule is Cc1cc2oc(=O)cc(-c3ccccc3)c2c2c1C(c1cccc(O)c1)CC(=O)O2. The van der Waals surface area contributed by atoms with Crippen LogP contribution in [0.2, 0.25) is 0 Å². The number of ether oxygens (including phenoxy) is 1. The number of phenolic OH excluding ortho intramolecular Hbond substituents is 1. The van der Waals surface area contributed by atoms with Crippen LogP contribution in [0.5, 0.6) is 11.5 Å². The molecule has 4 aromatic rings. The molecule has 3 aromatic carbocycles. The van der Waals surface area contributed by atoms with Gasteiger partial charge in [0.15, 0.2) is 0 Å². The summed E-state index contributed by atoms with van der Waals surface area (Å²) in [5.74, 6) is -0.0825. The Morgan fingerprint density at radius 1 is 0.967 bits per heavy atom. The van der Waals surface area contributed by atoms with Crippen LogP contribution in [0.4, 0.5) is 0 Å². The van der Waals surface area contributed by atoms with Crippen LogP contribution >= 0.6 is 0 Å². The maximum atomic E-state index is 12.6. The van der Waals surface area contributed by atoms with E-state index in [1.54, 1.807) is 18.2 Å². The van der Waals surface area contributed by atoms with E-state index in [1.165, 1.54) is 6.07 Å². The minimum atomic E-state index is -0.465. The van der Waals surface area contributed by atoms with Crippen molar-refractivity contribution in [3.05, 3.63) is 93.8 Å². The minimum absolute atomic E-state index is 0.141. The number of benzene rings is 3. The summed E-state index contributed by atoms with van der Waals surface area (Å²) in [6.45, 7) is 1.91. The third-order valence-corrected chi connectivity index (χ3v) is 5.53. The Bertz CT molecular complexity index is 1350. The van der Waals surface area contributed by atoms with Gasteiger partial charge in [-0.15, -0.1) is 0 Å². The molecular weight excluding hydrogens is 380 g/mol. The number of aromatic hydroxyl groups is 1. The Labute approximate surface area is 172 Å². The van der Waals surface area contributed by atoms with Crippen LogP contribution in [0.3, 0.4) is 0 Å². The molecule has 0 fully saturated rings. The molecule has 0 bridgehead atoms. The van der Waals surface area contributed by atoms with Crippen molar-refractivity contribution in [2.45, 2.75) is 19.3 Å². The summed E-state index contributed by atoms with van der Waals surface area (Å²) in [7, 11) is 0. The third kappa shape index (κ3) is 2.95. The average molecular weight is 398 g/mol. The van der Waals surface area contributed by atoms with E-state index in [1.807, 2.05) is 49.4 Å².